The monoisotopic (exact) mass is 253 g/mol. The first-order valence-corrected chi connectivity index (χ1v) is 6.04. The fraction of sp³-hybridized carbons (Fsp3) is 0.583. The van der Waals surface area contributed by atoms with E-state index in [4.69, 9.17) is 5.11 Å². The van der Waals surface area contributed by atoms with Crippen molar-refractivity contribution in [2.75, 3.05) is 0 Å². The molecular formula is C12H19N3O3. The van der Waals surface area contributed by atoms with Crippen LogP contribution in [0.1, 0.15) is 37.4 Å². The molecule has 1 rings (SSSR count). The zero-order chi connectivity index (χ0) is 13.5. The average Bonchev–Trinajstić information content (AvgIpc) is 2.67. The van der Waals surface area contributed by atoms with E-state index in [1.165, 1.54) is 0 Å². The SMILES string of the molecule is CCn1cc(CNC(=O)CCCC(=O)O)c(C)n1. The van der Waals surface area contributed by atoms with Gasteiger partial charge in [-0.2, -0.15) is 5.10 Å². The van der Waals surface area contributed by atoms with Crippen LogP contribution < -0.4 is 5.32 Å². The van der Waals surface area contributed by atoms with Crippen molar-refractivity contribution >= 4 is 11.9 Å². The molecule has 0 fully saturated rings. The Balaban J connectivity index is 2.33. The molecule has 1 amide bonds. The predicted molar refractivity (Wildman–Crippen MR) is 66.0 cm³/mol. The minimum absolute atomic E-state index is 0.0280. The molecule has 0 saturated carbocycles. The highest BCUT2D eigenvalue weighted by Crippen LogP contribution is 2.05. The van der Waals surface area contributed by atoms with Crippen molar-refractivity contribution in [3.63, 3.8) is 0 Å². The second-order valence-corrected chi connectivity index (χ2v) is 4.12. The summed E-state index contributed by atoms with van der Waals surface area (Å²) >= 11 is 0. The highest BCUT2D eigenvalue weighted by Gasteiger charge is 2.07. The zero-order valence-corrected chi connectivity index (χ0v) is 10.8. The molecule has 1 aromatic rings. The Morgan fingerprint density at radius 2 is 2.17 bits per heavy atom. The van der Waals surface area contributed by atoms with Crippen molar-refractivity contribution in [1.29, 1.82) is 0 Å². The van der Waals surface area contributed by atoms with Crippen LogP contribution in [0.25, 0.3) is 0 Å². The molecule has 0 aromatic carbocycles. The second kappa shape index (κ2) is 6.78. The predicted octanol–water partition coefficient (Wildman–Crippen LogP) is 1.08. The van der Waals surface area contributed by atoms with Gasteiger partial charge in [0, 0.05) is 37.7 Å². The van der Waals surface area contributed by atoms with Crippen molar-refractivity contribution in [2.45, 2.75) is 46.2 Å². The third-order valence-corrected chi connectivity index (χ3v) is 2.64. The summed E-state index contributed by atoms with van der Waals surface area (Å²) in [5, 5.41) is 15.5. The maximum atomic E-state index is 11.5. The van der Waals surface area contributed by atoms with E-state index in [-0.39, 0.29) is 18.7 Å². The van der Waals surface area contributed by atoms with Gasteiger partial charge >= 0.3 is 5.97 Å². The quantitative estimate of drug-likeness (QED) is 0.761. The van der Waals surface area contributed by atoms with Gasteiger partial charge in [-0.1, -0.05) is 0 Å². The molecule has 1 aromatic heterocycles. The summed E-state index contributed by atoms with van der Waals surface area (Å²) in [6.07, 6.45) is 2.55. The molecule has 0 saturated heterocycles. The number of nitrogens with zero attached hydrogens (tertiary/aromatic N) is 2. The third kappa shape index (κ3) is 4.57. The van der Waals surface area contributed by atoms with E-state index < -0.39 is 5.97 Å². The first-order chi connectivity index (χ1) is 8.52. The van der Waals surface area contributed by atoms with E-state index in [9.17, 15) is 9.59 Å². The molecular weight excluding hydrogens is 234 g/mol. The Morgan fingerprint density at radius 3 is 2.72 bits per heavy atom. The molecule has 0 atom stereocenters. The fourth-order valence-corrected chi connectivity index (χ4v) is 1.58. The summed E-state index contributed by atoms with van der Waals surface area (Å²) in [5.41, 5.74) is 1.89. The van der Waals surface area contributed by atoms with Crippen molar-refractivity contribution in [1.82, 2.24) is 15.1 Å². The van der Waals surface area contributed by atoms with E-state index >= 15 is 0 Å². The Hall–Kier alpha value is -1.85. The topological polar surface area (TPSA) is 84.2 Å². The Bertz CT molecular complexity index is 426. The van der Waals surface area contributed by atoms with Gasteiger partial charge in [-0.05, 0) is 20.3 Å². The van der Waals surface area contributed by atoms with Crippen molar-refractivity contribution in [3.05, 3.63) is 17.5 Å². The maximum absolute atomic E-state index is 11.5. The van der Waals surface area contributed by atoms with Crippen LogP contribution in [0.3, 0.4) is 0 Å². The van der Waals surface area contributed by atoms with Gasteiger partial charge in [0.05, 0.1) is 5.69 Å². The zero-order valence-electron chi connectivity index (χ0n) is 10.8. The Labute approximate surface area is 106 Å². The summed E-state index contributed by atoms with van der Waals surface area (Å²) < 4.78 is 1.82. The van der Waals surface area contributed by atoms with E-state index in [2.05, 4.69) is 10.4 Å². The van der Waals surface area contributed by atoms with Crippen LogP contribution >= 0.6 is 0 Å². The van der Waals surface area contributed by atoms with Gasteiger partial charge in [-0.25, -0.2) is 0 Å². The lowest BCUT2D eigenvalue weighted by Gasteiger charge is -2.03. The smallest absolute Gasteiger partial charge is 0.303 e. The number of aromatic nitrogens is 2. The number of hydrogen-bond acceptors (Lipinski definition) is 3. The standard InChI is InChI=1S/C12H19N3O3/c1-3-15-8-10(9(2)14-15)7-13-11(16)5-4-6-12(17)18/h8H,3-7H2,1-2H3,(H,13,16)(H,17,18). The molecule has 0 bridgehead atoms. The molecule has 0 aliphatic rings. The maximum Gasteiger partial charge on any atom is 0.303 e. The molecule has 0 spiro atoms. The van der Waals surface area contributed by atoms with Crippen molar-refractivity contribution < 1.29 is 14.7 Å². The van der Waals surface area contributed by atoms with Crippen LogP contribution in [0.4, 0.5) is 0 Å². The molecule has 2 N–H and O–H groups in total. The average molecular weight is 253 g/mol. The number of hydrogen-bond donors (Lipinski definition) is 2. The number of aliphatic carboxylic acids is 1. The van der Waals surface area contributed by atoms with E-state index in [0.717, 1.165) is 17.8 Å². The Morgan fingerprint density at radius 1 is 1.44 bits per heavy atom. The minimum atomic E-state index is -0.872. The van der Waals surface area contributed by atoms with Crippen LogP contribution in [-0.2, 0) is 22.7 Å². The van der Waals surface area contributed by atoms with Gasteiger partial charge < -0.3 is 10.4 Å². The number of nitrogens with one attached hydrogen (secondary N) is 1. The van der Waals surface area contributed by atoms with Gasteiger partial charge in [0.25, 0.3) is 0 Å². The minimum Gasteiger partial charge on any atom is -0.481 e. The molecule has 18 heavy (non-hydrogen) atoms. The molecule has 100 valence electrons. The third-order valence-electron chi connectivity index (χ3n) is 2.64. The molecule has 0 aliphatic carbocycles. The highest BCUT2D eigenvalue weighted by molar-refractivity contribution is 5.76. The lowest BCUT2D eigenvalue weighted by Crippen LogP contribution is -2.22. The first-order valence-electron chi connectivity index (χ1n) is 6.04. The largest absolute Gasteiger partial charge is 0.481 e. The van der Waals surface area contributed by atoms with Gasteiger partial charge in [-0.3, -0.25) is 14.3 Å². The second-order valence-electron chi connectivity index (χ2n) is 4.12. The lowest BCUT2D eigenvalue weighted by molar-refractivity contribution is -0.137. The van der Waals surface area contributed by atoms with Crippen molar-refractivity contribution in [3.8, 4) is 0 Å². The van der Waals surface area contributed by atoms with E-state index in [1.807, 2.05) is 24.7 Å². The molecule has 0 unspecified atom stereocenters. The van der Waals surface area contributed by atoms with Crippen LogP contribution in [-0.4, -0.2) is 26.8 Å². The number of rotatable bonds is 7. The summed E-state index contributed by atoms with van der Waals surface area (Å²) in [4.78, 5) is 21.8. The van der Waals surface area contributed by atoms with Crippen LogP contribution in [0, 0.1) is 6.92 Å². The van der Waals surface area contributed by atoms with Crippen molar-refractivity contribution in [2.24, 2.45) is 0 Å². The molecule has 6 nitrogen and oxygen atoms in total. The summed E-state index contributed by atoms with van der Waals surface area (Å²) in [6.45, 7) is 5.14. The normalized spacial score (nSPS) is 10.3. The van der Waals surface area contributed by atoms with Gasteiger partial charge in [0.1, 0.15) is 0 Å². The molecule has 6 heteroatoms. The van der Waals surface area contributed by atoms with Crippen LogP contribution in [0.2, 0.25) is 0 Å². The van der Waals surface area contributed by atoms with Gasteiger partial charge in [0.15, 0.2) is 0 Å². The van der Waals surface area contributed by atoms with Gasteiger partial charge in [0.2, 0.25) is 5.91 Å². The first kappa shape index (κ1) is 14.2. The molecule has 0 aliphatic heterocycles. The number of carbonyl (C=O) groups is 2. The van der Waals surface area contributed by atoms with E-state index in [0.29, 0.717) is 13.0 Å². The lowest BCUT2D eigenvalue weighted by atomic mass is 10.2. The number of carboxylic acid groups (broad SMARTS) is 1. The highest BCUT2D eigenvalue weighted by atomic mass is 16.4. The molecule has 0 radical (unpaired) electrons. The number of carboxylic acids is 1. The summed E-state index contributed by atoms with van der Waals surface area (Å²) in [7, 11) is 0. The van der Waals surface area contributed by atoms with Crippen LogP contribution in [0.15, 0.2) is 6.20 Å². The fourth-order valence-electron chi connectivity index (χ4n) is 1.58. The molecule has 1 heterocycles. The summed E-state index contributed by atoms with van der Waals surface area (Å²) in [5.74, 6) is -0.997. The summed E-state index contributed by atoms with van der Waals surface area (Å²) in [6, 6.07) is 0. The van der Waals surface area contributed by atoms with Crippen LogP contribution in [0.5, 0.6) is 0 Å². The Kier molecular flexibility index (Phi) is 5.35. The van der Waals surface area contributed by atoms with Gasteiger partial charge in [-0.15, -0.1) is 0 Å². The number of amides is 1. The number of carbonyl (C=O) groups excluding carboxylic acids is 1. The van der Waals surface area contributed by atoms with E-state index in [1.54, 1.807) is 0 Å². The number of aryl methyl sites for hydroxylation is 2.